The number of halogens is 2. The number of aryl methyl sites for hydroxylation is 2. The quantitative estimate of drug-likeness (QED) is 0.813. The summed E-state index contributed by atoms with van der Waals surface area (Å²) in [6.07, 6.45) is 0. The number of Topliss-reactive ketones (excluding diaryl/α,β-unsaturated/α-hetero) is 1. The number of benzene rings is 1. The van der Waals surface area contributed by atoms with Gasteiger partial charge in [-0.15, -0.1) is 0 Å². The fourth-order valence-corrected chi connectivity index (χ4v) is 2.05. The second-order valence-electron chi connectivity index (χ2n) is 4.47. The van der Waals surface area contributed by atoms with Gasteiger partial charge in [-0.3, -0.25) is 9.48 Å². The standard InChI is InChI=1S/C14H14ClFN2O2/c1-8-11(14(15)18(3)17-8)7-20-13-5-4-10(9(2)19)6-12(13)16/h4-6H,7H2,1-3H3. The number of aromatic nitrogens is 2. The number of ether oxygens (including phenoxy) is 1. The van der Waals surface area contributed by atoms with Gasteiger partial charge in [0.05, 0.1) is 5.69 Å². The first-order valence-electron chi connectivity index (χ1n) is 6.01. The van der Waals surface area contributed by atoms with E-state index in [9.17, 15) is 9.18 Å². The Bertz CT molecular complexity index is 667. The average Bonchev–Trinajstić information content (AvgIpc) is 2.62. The smallest absolute Gasteiger partial charge is 0.165 e. The maximum Gasteiger partial charge on any atom is 0.165 e. The van der Waals surface area contributed by atoms with Gasteiger partial charge >= 0.3 is 0 Å². The molecule has 1 heterocycles. The molecule has 0 radical (unpaired) electrons. The second-order valence-corrected chi connectivity index (χ2v) is 4.83. The minimum Gasteiger partial charge on any atom is -0.486 e. The fourth-order valence-electron chi connectivity index (χ4n) is 1.82. The molecular formula is C14H14ClFN2O2. The average molecular weight is 297 g/mol. The Kier molecular flexibility index (Phi) is 4.09. The van der Waals surface area contributed by atoms with Crippen LogP contribution in [0.1, 0.15) is 28.5 Å². The van der Waals surface area contributed by atoms with Crippen LogP contribution in [-0.2, 0) is 13.7 Å². The lowest BCUT2D eigenvalue weighted by Gasteiger charge is -2.08. The largest absolute Gasteiger partial charge is 0.486 e. The van der Waals surface area contributed by atoms with Crippen LogP contribution in [-0.4, -0.2) is 15.6 Å². The van der Waals surface area contributed by atoms with E-state index in [-0.39, 0.29) is 18.1 Å². The molecule has 0 aliphatic carbocycles. The van der Waals surface area contributed by atoms with E-state index < -0.39 is 5.82 Å². The van der Waals surface area contributed by atoms with Gasteiger partial charge in [-0.25, -0.2) is 4.39 Å². The molecule has 0 saturated carbocycles. The summed E-state index contributed by atoms with van der Waals surface area (Å²) < 4.78 is 20.7. The van der Waals surface area contributed by atoms with Crippen LogP contribution >= 0.6 is 11.6 Å². The van der Waals surface area contributed by atoms with E-state index in [4.69, 9.17) is 16.3 Å². The molecule has 106 valence electrons. The Labute approximate surface area is 121 Å². The molecular weight excluding hydrogens is 283 g/mol. The van der Waals surface area contributed by atoms with Crippen molar-refractivity contribution in [1.29, 1.82) is 0 Å². The van der Waals surface area contributed by atoms with Crippen LogP contribution in [0.2, 0.25) is 5.15 Å². The molecule has 0 fully saturated rings. The number of ketones is 1. The lowest BCUT2D eigenvalue weighted by Crippen LogP contribution is -2.00. The van der Waals surface area contributed by atoms with Crippen LogP contribution in [0, 0.1) is 12.7 Å². The Hall–Kier alpha value is -1.88. The third kappa shape index (κ3) is 2.82. The molecule has 6 heteroatoms. The van der Waals surface area contributed by atoms with Crippen molar-refractivity contribution in [2.24, 2.45) is 7.05 Å². The number of carbonyl (C=O) groups is 1. The molecule has 0 bridgehead atoms. The van der Waals surface area contributed by atoms with Crippen molar-refractivity contribution in [2.45, 2.75) is 20.5 Å². The molecule has 0 aliphatic heterocycles. The molecule has 0 saturated heterocycles. The summed E-state index contributed by atoms with van der Waals surface area (Å²) >= 11 is 6.07. The highest BCUT2D eigenvalue weighted by atomic mass is 35.5. The molecule has 0 atom stereocenters. The van der Waals surface area contributed by atoms with E-state index in [2.05, 4.69) is 5.10 Å². The highest BCUT2D eigenvalue weighted by molar-refractivity contribution is 6.30. The minimum atomic E-state index is -0.574. The third-order valence-corrected chi connectivity index (χ3v) is 3.45. The van der Waals surface area contributed by atoms with Gasteiger partial charge in [-0.05, 0) is 32.0 Å². The zero-order valence-corrected chi connectivity index (χ0v) is 12.2. The van der Waals surface area contributed by atoms with Gasteiger partial charge in [-0.1, -0.05) is 11.6 Å². The van der Waals surface area contributed by atoms with E-state index in [1.54, 1.807) is 14.0 Å². The lowest BCUT2D eigenvalue weighted by molar-refractivity contribution is 0.101. The van der Waals surface area contributed by atoms with Crippen LogP contribution in [0.4, 0.5) is 4.39 Å². The normalized spacial score (nSPS) is 10.7. The summed E-state index contributed by atoms with van der Waals surface area (Å²) in [6, 6.07) is 4.12. The third-order valence-electron chi connectivity index (χ3n) is 2.98. The van der Waals surface area contributed by atoms with Crippen molar-refractivity contribution in [3.63, 3.8) is 0 Å². The number of hydrogen-bond acceptors (Lipinski definition) is 3. The van der Waals surface area contributed by atoms with E-state index in [0.29, 0.717) is 16.3 Å². The monoisotopic (exact) mass is 296 g/mol. The Morgan fingerprint density at radius 1 is 1.50 bits per heavy atom. The van der Waals surface area contributed by atoms with E-state index in [0.717, 1.165) is 11.8 Å². The molecule has 0 unspecified atom stereocenters. The number of carbonyl (C=O) groups excluding carboxylic acids is 1. The number of rotatable bonds is 4. The number of hydrogen-bond donors (Lipinski definition) is 0. The van der Waals surface area contributed by atoms with Crippen molar-refractivity contribution >= 4 is 17.4 Å². The zero-order chi connectivity index (χ0) is 14.9. The van der Waals surface area contributed by atoms with Crippen molar-refractivity contribution in [1.82, 2.24) is 9.78 Å². The maximum absolute atomic E-state index is 13.8. The Morgan fingerprint density at radius 2 is 2.20 bits per heavy atom. The van der Waals surface area contributed by atoms with Gasteiger partial charge in [0.25, 0.3) is 0 Å². The predicted octanol–water partition coefficient (Wildman–Crippen LogP) is 3.30. The molecule has 0 N–H and O–H groups in total. The molecule has 20 heavy (non-hydrogen) atoms. The van der Waals surface area contributed by atoms with E-state index in [1.807, 2.05) is 0 Å². The van der Waals surface area contributed by atoms with Gasteiger partial charge in [0.15, 0.2) is 17.3 Å². The molecule has 1 aromatic heterocycles. The molecule has 4 nitrogen and oxygen atoms in total. The van der Waals surface area contributed by atoms with Crippen molar-refractivity contribution < 1.29 is 13.9 Å². The lowest BCUT2D eigenvalue weighted by atomic mass is 10.1. The van der Waals surface area contributed by atoms with Crippen LogP contribution in [0.5, 0.6) is 5.75 Å². The summed E-state index contributed by atoms with van der Waals surface area (Å²) in [5.41, 5.74) is 1.76. The summed E-state index contributed by atoms with van der Waals surface area (Å²) in [5, 5.41) is 4.61. The predicted molar refractivity (Wildman–Crippen MR) is 73.7 cm³/mol. The van der Waals surface area contributed by atoms with Crippen LogP contribution in [0.3, 0.4) is 0 Å². The SMILES string of the molecule is CC(=O)c1ccc(OCc2c(C)nn(C)c2Cl)c(F)c1. The van der Waals surface area contributed by atoms with Crippen molar-refractivity contribution in [3.05, 3.63) is 46.0 Å². The first-order chi connectivity index (χ1) is 9.40. The molecule has 2 rings (SSSR count). The highest BCUT2D eigenvalue weighted by Gasteiger charge is 2.13. The summed E-state index contributed by atoms with van der Waals surface area (Å²) in [5.74, 6) is -0.689. The van der Waals surface area contributed by atoms with Crippen molar-refractivity contribution in [2.75, 3.05) is 0 Å². The van der Waals surface area contributed by atoms with Gasteiger partial charge in [-0.2, -0.15) is 5.10 Å². The zero-order valence-electron chi connectivity index (χ0n) is 11.4. The topological polar surface area (TPSA) is 44.1 Å². The minimum absolute atomic E-state index is 0.0781. The first-order valence-corrected chi connectivity index (χ1v) is 6.39. The summed E-state index contributed by atoms with van der Waals surface area (Å²) in [4.78, 5) is 11.1. The number of nitrogens with zero attached hydrogens (tertiary/aromatic N) is 2. The molecule has 0 aliphatic rings. The molecule has 2 aromatic rings. The van der Waals surface area contributed by atoms with Crippen molar-refractivity contribution in [3.8, 4) is 5.75 Å². The molecule has 1 aromatic carbocycles. The first kappa shape index (κ1) is 14.5. The molecule has 0 spiro atoms. The van der Waals surface area contributed by atoms with Gasteiger partial charge in [0.1, 0.15) is 11.8 Å². The van der Waals surface area contributed by atoms with E-state index >= 15 is 0 Å². The molecule has 0 amide bonds. The maximum atomic E-state index is 13.8. The second kappa shape index (κ2) is 5.63. The van der Waals surface area contributed by atoms with Gasteiger partial charge < -0.3 is 4.74 Å². The van der Waals surface area contributed by atoms with Gasteiger partial charge in [0.2, 0.25) is 0 Å². The van der Waals surface area contributed by atoms with Crippen LogP contribution < -0.4 is 4.74 Å². The van der Waals surface area contributed by atoms with Gasteiger partial charge in [0, 0.05) is 18.2 Å². The Morgan fingerprint density at radius 3 is 2.70 bits per heavy atom. The van der Waals surface area contributed by atoms with E-state index in [1.165, 1.54) is 23.7 Å². The van der Waals surface area contributed by atoms with Crippen LogP contribution in [0.25, 0.3) is 0 Å². The summed E-state index contributed by atoms with van der Waals surface area (Å²) in [6.45, 7) is 3.31. The van der Waals surface area contributed by atoms with Crippen LogP contribution in [0.15, 0.2) is 18.2 Å². The highest BCUT2D eigenvalue weighted by Crippen LogP contribution is 2.23. The fraction of sp³-hybridized carbons (Fsp3) is 0.286. The summed E-state index contributed by atoms with van der Waals surface area (Å²) in [7, 11) is 1.72. The Balaban J connectivity index is 2.17.